The standard InChI is InChI=1S/C17H20FN3O3/c1-17(2,3)21-13(11-7-5-4-6-8-11)9-14(24-21)20-10-12(18)15(22)19-16(20)23/h4-8,10,13-14H,9H2,1-3H3,(H,19,22,23)/t13-,14+/m1/s1. The number of benzene rings is 1. The van der Waals surface area contributed by atoms with Gasteiger partial charge in [-0.2, -0.15) is 9.45 Å². The summed E-state index contributed by atoms with van der Waals surface area (Å²) >= 11 is 0. The number of nitrogens with zero attached hydrogens (tertiary/aromatic N) is 2. The Bertz CT molecular complexity index is 839. The Labute approximate surface area is 138 Å². The molecule has 1 aliphatic rings. The maximum absolute atomic E-state index is 13.6. The van der Waals surface area contributed by atoms with Crippen molar-refractivity contribution in [1.29, 1.82) is 0 Å². The van der Waals surface area contributed by atoms with Crippen molar-refractivity contribution in [3.63, 3.8) is 0 Å². The number of H-pyrrole nitrogens is 1. The third kappa shape index (κ3) is 3.05. The van der Waals surface area contributed by atoms with Gasteiger partial charge in [0.2, 0.25) is 5.82 Å². The van der Waals surface area contributed by atoms with Crippen LogP contribution in [0.15, 0.2) is 46.1 Å². The molecule has 0 spiro atoms. The number of nitrogens with one attached hydrogen (secondary N) is 1. The van der Waals surface area contributed by atoms with Crippen LogP contribution in [0.1, 0.15) is 45.0 Å². The Morgan fingerprint density at radius 2 is 1.88 bits per heavy atom. The van der Waals surface area contributed by atoms with Crippen LogP contribution >= 0.6 is 0 Å². The minimum Gasteiger partial charge on any atom is -0.272 e. The van der Waals surface area contributed by atoms with Gasteiger partial charge in [0.25, 0.3) is 5.56 Å². The van der Waals surface area contributed by atoms with Crippen molar-refractivity contribution in [3.8, 4) is 0 Å². The topological polar surface area (TPSA) is 67.3 Å². The molecule has 0 unspecified atom stereocenters. The lowest BCUT2D eigenvalue weighted by Crippen LogP contribution is -2.40. The predicted octanol–water partition coefficient (Wildman–Crippen LogP) is 2.35. The van der Waals surface area contributed by atoms with Crippen LogP contribution in [0.2, 0.25) is 0 Å². The fraction of sp³-hybridized carbons (Fsp3) is 0.412. The van der Waals surface area contributed by atoms with Crippen molar-refractivity contribution in [2.45, 2.75) is 45.0 Å². The lowest BCUT2D eigenvalue weighted by molar-refractivity contribution is -0.230. The summed E-state index contributed by atoms with van der Waals surface area (Å²) in [4.78, 5) is 31.2. The zero-order chi connectivity index (χ0) is 17.5. The summed E-state index contributed by atoms with van der Waals surface area (Å²) in [6.07, 6.45) is 0.681. The van der Waals surface area contributed by atoms with Gasteiger partial charge in [-0.1, -0.05) is 30.3 Å². The second kappa shape index (κ2) is 5.99. The number of rotatable bonds is 2. The van der Waals surface area contributed by atoms with E-state index in [1.54, 1.807) is 0 Å². The second-order valence-corrected chi connectivity index (χ2v) is 6.86. The first-order valence-corrected chi connectivity index (χ1v) is 7.79. The molecule has 0 aliphatic carbocycles. The average molecular weight is 333 g/mol. The van der Waals surface area contributed by atoms with Gasteiger partial charge >= 0.3 is 5.69 Å². The Balaban J connectivity index is 2.00. The van der Waals surface area contributed by atoms with Gasteiger partial charge in [0.15, 0.2) is 6.23 Å². The summed E-state index contributed by atoms with van der Waals surface area (Å²) in [5, 5.41) is 1.82. The van der Waals surface area contributed by atoms with E-state index in [-0.39, 0.29) is 11.6 Å². The molecule has 0 radical (unpaired) electrons. The summed E-state index contributed by atoms with van der Waals surface area (Å²) in [6.45, 7) is 6.00. The van der Waals surface area contributed by atoms with Crippen LogP contribution in [0.4, 0.5) is 4.39 Å². The average Bonchev–Trinajstić information content (AvgIpc) is 2.97. The maximum Gasteiger partial charge on any atom is 0.330 e. The van der Waals surface area contributed by atoms with Crippen LogP contribution in [0.25, 0.3) is 0 Å². The van der Waals surface area contributed by atoms with Crippen molar-refractivity contribution in [2.24, 2.45) is 0 Å². The first-order valence-electron chi connectivity index (χ1n) is 7.79. The van der Waals surface area contributed by atoms with E-state index in [2.05, 4.69) is 0 Å². The third-order valence-corrected chi connectivity index (χ3v) is 4.02. The minimum absolute atomic E-state index is 0.0851. The van der Waals surface area contributed by atoms with Crippen LogP contribution in [0.3, 0.4) is 0 Å². The van der Waals surface area contributed by atoms with Crippen LogP contribution in [0.5, 0.6) is 0 Å². The highest BCUT2D eigenvalue weighted by molar-refractivity contribution is 5.20. The zero-order valence-corrected chi connectivity index (χ0v) is 13.8. The van der Waals surface area contributed by atoms with E-state index in [4.69, 9.17) is 4.84 Å². The molecule has 2 aromatic rings. The highest BCUT2D eigenvalue weighted by atomic mass is 19.1. The molecule has 1 N–H and O–H groups in total. The summed E-state index contributed by atoms with van der Waals surface area (Å²) in [5.41, 5.74) is -0.983. The smallest absolute Gasteiger partial charge is 0.272 e. The second-order valence-electron chi connectivity index (χ2n) is 6.86. The van der Waals surface area contributed by atoms with E-state index >= 15 is 0 Å². The normalized spacial score (nSPS) is 22.0. The molecule has 3 rings (SSSR count). The van der Waals surface area contributed by atoms with Gasteiger partial charge in [0.1, 0.15) is 0 Å². The molecular weight excluding hydrogens is 313 g/mol. The molecule has 2 atom stereocenters. The van der Waals surface area contributed by atoms with Gasteiger partial charge in [-0.25, -0.2) is 4.79 Å². The molecule has 1 fully saturated rings. The largest absolute Gasteiger partial charge is 0.330 e. The lowest BCUT2D eigenvalue weighted by atomic mass is 9.99. The molecule has 2 heterocycles. The highest BCUT2D eigenvalue weighted by Crippen LogP contribution is 2.42. The van der Waals surface area contributed by atoms with E-state index in [9.17, 15) is 14.0 Å². The number of hydrogen-bond acceptors (Lipinski definition) is 4. The summed E-state index contributed by atoms with van der Waals surface area (Å²) in [7, 11) is 0. The molecule has 0 saturated carbocycles. The number of aromatic nitrogens is 2. The highest BCUT2D eigenvalue weighted by Gasteiger charge is 2.41. The van der Waals surface area contributed by atoms with E-state index in [1.807, 2.05) is 61.2 Å². The van der Waals surface area contributed by atoms with Crippen molar-refractivity contribution in [2.75, 3.05) is 0 Å². The zero-order valence-electron chi connectivity index (χ0n) is 13.8. The number of hydroxylamine groups is 2. The van der Waals surface area contributed by atoms with Gasteiger partial charge in [-0.15, -0.1) is 0 Å². The lowest BCUT2D eigenvalue weighted by Gasteiger charge is -2.35. The molecule has 1 saturated heterocycles. The van der Waals surface area contributed by atoms with Crippen LogP contribution in [-0.4, -0.2) is 20.2 Å². The van der Waals surface area contributed by atoms with Crippen molar-refractivity contribution >= 4 is 0 Å². The summed E-state index contributed by atoms with van der Waals surface area (Å²) in [6, 6.07) is 9.71. The quantitative estimate of drug-likeness (QED) is 0.916. The molecular formula is C17H20FN3O3. The van der Waals surface area contributed by atoms with Gasteiger partial charge in [0, 0.05) is 12.0 Å². The monoisotopic (exact) mass is 333 g/mol. The molecule has 24 heavy (non-hydrogen) atoms. The first kappa shape index (κ1) is 16.6. The summed E-state index contributed by atoms with van der Waals surface area (Å²) < 4.78 is 14.7. The Kier molecular flexibility index (Phi) is 4.15. The minimum atomic E-state index is -1.03. The number of hydrogen-bond donors (Lipinski definition) is 1. The van der Waals surface area contributed by atoms with Gasteiger partial charge in [-0.3, -0.25) is 19.2 Å². The summed E-state index contributed by atoms with van der Waals surface area (Å²) in [5.74, 6) is -1.01. The maximum atomic E-state index is 13.6. The van der Waals surface area contributed by atoms with Gasteiger partial charge in [-0.05, 0) is 26.3 Å². The first-order chi connectivity index (χ1) is 11.3. The van der Waals surface area contributed by atoms with Crippen LogP contribution in [0, 0.1) is 5.82 Å². The molecule has 0 amide bonds. The van der Waals surface area contributed by atoms with Gasteiger partial charge in [0.05, 0.1) is 12.2 Å². The van der Waals surface area contributed by atoms with E-state index in [0.717, 1.165) is 16.3 Å². The molecule has 7 heteroatoms. The van der Waals surface area contributed by atoms with Crippen LogP contribution in [-0.2, 0) is 4.84 Å². The van der Waals surface area contributed by atoms with Gasteiger partial charge < -0.3 is 0 Å². The molecule has 1 aromatic heterocycles. The van der Waals surface area contributed by atoms with Crippen LogP contribution < -0.4 is 11.2 Å². The van der Waals surface area contributed by atoms with E-state index < -0.39 is 23.3 Å². The molecule has 1 aromatic carbocycles. The van der Waals surface area contributed by atoms with Crippen molar-refractivity contribution < 1.29 is 9.23 Å². The number of halogens is 1. The molecule has 1 aliphatic heterocycles. The molecule has 6 nitrogen and oxygen atoms in total. The van der Waals surface area contributed by atoms with Crippen molar-refractivity contribution in [3.05, 3.63) is 68.7 Å². The predicted molar refractivity (Wildman–Crippen MR) is 86.8 cm³/mol. The SMILES string of the molecule is CC(C)(C)N1O[C@H](n2cc(F)c(=O)[nH]c2=O)C[C@@H]1c1ccccc1. The van der Waals surface area contributed by atoms with E-state index in [1.165, 1.54) is 0 Å². The third-order valence-electron chi connectivity index (χ3n) is 4.02. The Morgan fingerprint density at radius 3 is 2.50 bits per heavy atom. The Hall–Kier alpha value is -2.25. The number of aromatic amines is 1. The molecule has 128 valence electrons. The Morgan fingerprint density at radius 1 is 1.21 bits per heavy atom. The van der Waals surface area contributed by atoms with Crippen molar-refractivity contribution in [1.82, 2.24) is 14.6 Å². The van der Waals surface area contributed by atoms with E-state index in [0.29, 0.717) is 6.42 Å². The fourth-order valence-corrected chi connectivity index (χ4v) is 2.95. The molecule has 0 bridgehead atoms. The fourth-order valence-electron chi connectivity index (χ4n) is 2.95.